The van der Waals surface area contributed by atoms with E-state index in [9.17, 15) is 24.6 Å². The van der Waals surface area contributed by atoms with E-state index in [2.05, 4.69) is 5.32 Å². The summed E-state index contributed by atoms with van der Waals surface area (Å²) in [7, 11) is 0. The molecule has 7 rings (SSSR count). The predicted octanol–water partition coefficient (Wildman–Crippen LogP) is 3.64. The van der Waals surface area contributed by atoms with Crippen molar-refractivity contribution < 1.29 is 24.2 Å². The van der Waals surface area contributed by atoms with E-state index in [-0.39, 0.29) is 66.9 Å². The molecular weight excluding hydrogens is 525 g/mol. The Hall–Kier alpha value is -3.43. The van der Waals surface area contributed by atoms with Crippen LogP contribution in [0.25, 0.3) is 22.3 Å². The number of rotatable bonds is 3. The standard InChI is InChI=1S/C32H34FN3O5/c1-3-32(41)21-12-25-29-20(14-36(25)31(40)19(21)9-11-26(32)38)28-23(35-30(39)16-4-6-17(37)7-5-16)10-8-18-15(2)22(33)13-24(34-29)27(18)28/h12-13,16-17,23,37,41H,3-11,14H2,1-2H3,(H,35,39)/t16?,17?,23-,32-/m0/s1. The number of carbonyl (C=O) groups is 2. The number of amides is 1. The molecule has 0 saturated heterocycles. The zero-order valence-corrected chi connectivity index (χ0v) is 23.3. The van der Waals surface area contributed by atoms with Crippen molar-refractivity contribution in [1.29, 1.82) is 0 Å². The monoisotopic (exact) mass is 559 g/mol. The molecule has 3 heterocycles. The number of aryl methyl sites for hydroxylation is 1. The quantitative estimate of drug-likeness (QED) is 0.353. The van der Waals surface area contributed by atoms with Crippen LogP contribution in [-0.4, -0.2) is 37.6 Å². The molecule has 9 heteroatoms. The van der Waals surface area contributed by atoms with Crippen molar-refractivity contribution in [2.75, 3.05) is 0 Å². The van der Waals surface area contributed by atoms with E-state index in [0.717, 1.165) is 22.1 Å². The number of fused-ring (bicyclic) bond motifs is 5. The van der Waals surface area contributed by atoms with Gasteiger partial charge in [0.1, 0.15) is 11.4 Å². The number of aromatic nitrogens is 2. The smallest absolute Gasteiger partial charge is 0.254 e. The Balaban J connectivity index is 1.41. The predicted molar refractivity (Wildman–Crippen MR) is 150 cm³/mol. The zero-order chi connectivity index (χ0) is 28.8. The van der Waals surface area contributed by atoms with Gasteiger partial charge in [-0.15, -0.1) is 0 Å². The van der Waals surface area contributed by atoms with Gasteiger partial charge in [-0.25, -0.2) is 9.37 Å². The van der Waals surface area contributed by atoms with Crippen molar-refractivity contribution in [3.05, 3.63) is 61.7 Å². The van der Waals surface area contributed by atoms with Gasteiger partial charge in [0.25, 0.3) is 5.56 Å². The molecule has 0 radical (unpaired) electrons. The van der Waals surface area contributed by atoms with Gasteiger partial charge in [-0.1, -0.05) is 6.92 Å². The summed E-state index contributed by atoms with van der Waals surface area (Å²) in [5.41, 5.74) is 3.47. The van der Waals surface area contributed by atoms with Gasteiger partial charge in [0.15, 0.2) is 5.78 Å². The lowest BCUT2D eigenvalue weighted by Gasteiger charge is -2.32. The third kappa shape index (κ3) is 3.78. The van der Waals surface area contributed by atoms with Crippen LogP contribution in [0.1, 0.15) is 91.3 Å². The lowest BCUT2D eigenvalue weighted by atomic mass is 9.77. The molecule has 1 amide bonds. The average Bonchev–Trinajstić information content (AvgIpc) is 3.33. The summed E-state index contributed by atoms with van der Waals surface area (Å²) in [6, 6.07) is 2.82. The molecule has 3 aromatic rings. The molecule has 1 saturated carbocycles. The summed E-state index contributed by atoms with van der Waals surface area (Å²) in [4.78, 5) is 44.9. The fraction of sp³-hybridized carbons (Fsp3) is 0.500. The maximum absolute atomic E-state index is 15.1. The fourth-order valence-corrected chi connectivity index (χ4v) is 7.71. The normalized spacial score (nSPS) is 26.5. The van der Waals surface area contributed by atoms with E-state index in [1.807, 2.05) is 0 Å². The molecule has 3 N–H and O–H groups in total. The van der Waals surface area contributed by atoms with Gasteiger partial charge in [0.05, 0.1) is 35.6 Å². The van der Waals surface area contributed by atoms with Crippen molar-refractivity contribution in [2.24, 2.45) is 5.92 Å². The summed E-state index contributed by atoms with van der Waals surface area (Å²) in [5.74, 6) is -0.855. The molecule has 1 aromatic carbocycles. The van der Waals surface area contributed by atoms with E-state index >= 15 is 4.39 Å². The first-order valence-corrected chi connectivity index (χ1v) is 14.8. The first-order chi connectivity index (χ1) is 19.6. The van der Waals surface area contributed by atoms with Crippen LogP contribution in [0.4, 0.5) is 4.39 Å². The summed E-state index contributed by atoms with van der Waals surface area (Å²) in [6.07, 6.45) is 3.85. The maximum Gasteiger partial charge on any atom is 0.254 e. The Morgan fingerprint density at radius 1 is 1.10 bits per heavy atom. The minimum Gasteiger partial charge on any atom is -0.393 e. The van der Waals surface area contributed by atoms with Crippen molar-refractivity contribution in [2.45, 2.75) is 95.9 Å². The fourth-order valence-electron chi connectivity index (χ4n) is 7.71. The highest BCUT2D eigenvalue weighted by atomic mass is 19.1. The van der Waals surface area contributed by atoms with Crippen molar-refractivity contribution >= 4 is 22.6 Å². The van der Waals surface area contributed by atoms with Gasteiger partial charge >= 0.3 is 0 Å². The molecule has 214 valence electrons. The minimum absolute atomic E-state index is 0.0439. The number of halogens is 1. The minimum atomic E-state index is -1.73. The molecule has 2 atom stereocenters. The second-order valence-corrected chi connectivity index (χ2v) is 12.3. The van der Waals surface area contributed by atoms with Crippen molar-refractivity contribution in [3.8, 4) is 11.4 Å². The Morgan fingerprint density at radius 3 is 2.59 bits per heavy atom. The molecule has 0 bridgehead atoms. The first kappa shape index (κ1) is 26.5. The van der Waals surface area contributed by atoms with E-state index < -0.39 is 5.60 Å². The van der Waals surface area contributed by atoms with Crippen molar-refractivity contribution in [3.63, 3.8) is 0 Å². The molecule has 8 nitrogen and oxygen atoms in total. The van der Waals surface area contributed by atoms with E-state index in [1.54, 1.807) is 24.5 Å². The van der Waals surface area contributed by atoms with Gasteiger partial charge < -0.3 is 20.1 Å². The van der Waals surface area contributed by atoms with Crippen LogP contribution < -0.4 is 10.9 Å². The summed E-state index contributed by atoms with van der Waals surface area (Å²) >= 11 is 0. The van der Waals surface area contributed by atoms with Gasteiger partial charge in [0, 0.05) is 40.5 Å². The van der Waals surface area contributed by atoms with Gasteiger partial charge in [0.2, 0.25) is 5.91 Å². The highest BCUT2D eigenvalue weighted by Crippen LogP contribution is 2.46. The van der Waals surface area contributed by atoms with E-state index in [1.165, 1.54) is 6.07 Å². The van der Waals surface area contributed by atoms with Crippen LogP contribution in [-0.2, 0) is 34.6 Å². The number of Topliss-reactive ketones (excluding diaryl/α,β-unsaturated/α-hetero) is 1. The van der Waals surface area contributed by atoms with E-state index in [0.29, 0.717) is 72.1 Å². The molecule has 1 fully saturated rings. The average molecular weight is 560 g/mol. The van der Waals surface area contributed by atoms with Gasteiger partial charge in [-0.3, -0.25) is 14.4 Å². The SMILES string of the molecule is CC[C@@]1(O)C(=O)CCc2c1cc1n(c2=O)Cc2c-1nc1cc(F)c(C)c3c1c2[C@@H](NC(=O)C1CCC(O)CC1)CC3. The van der Waals surface area contributed by atoms with Crippen LogP contribution >= 0.6 is 0 Å². The summed E-state index contributed by atoms with van der Waals surface area (Å²) in [6.45, 7) is 3.75. The zero-order valence-electron chi connectivity index (χ0n) is 23.3. The number of ketones is 1. The molecule has 2 aromatic heterocycles. The van der Waals surface area contributed by atoms with Crippen LogP contribution in [0.5, 0.6) is 0 Å². The number of benzene rings is 1. The number of hydrogen-bond donors (Lipinski definition) is 3. The highest BCUT2D eigenvalue weighted by molar-refractivity contribution is 5.94. The van der Waals surface area contributed by atoms with E-state index in [4.69, 9.17) is 4.98 Å². The van der Waals surface area contributed by atoms with Crippen LogP contribution in [0, 0.1) is 18.7 Å². The number of hydrogen-bond acceptors (Lipinski definition) is 6. The van der Waals surface area contributed by atoms with Crippen molar-refractivity contribution in [1.82, 2.24) is 14.9 Å². The number of carbonyl (C=O) groups excluding carboxylic acids is 2. The molecule has 4 aliphatic rings. The molecule has 0 unspecified atom stereocenters. The number of nitrogens with zero attached hydrogens (tertiary/aromatic N) is 2. The number of aliphatic hydroxyl groups is 2. The highest BCUT2D eigenvalue weighted by Gasteiger charge is 2.44. The molecule has 41 heavy (non-hydrogen) atoms. The molecule has 1 aliphatic heterocycles. The van der Waals surface area contributed by atoms with Crippen LogP contribution in [0.3, 0.4) is 0 Å². The largest absolute Gasteiger partial charge is 0.393 e. The van der Waals surface area contributed by atoms with Gasteiger partial charge in [-0.2, -0.15) is 0 Å². The Labute approximate surface area is 236 Å². The Morgan fingerprint density at radius 2 is 1.85 bits per heavy atom. The number of nitrogens with one attached hydrogen (secondary N) is 1. The van der Waals surface area contributed by atoms with Crippen LogP contribution in [0.15, 0.2) is 16.9 Å². The lowest BCUT2D eigenvalue weighted by molar-refractivity contribution is -0.140. The third-order valence-electron chi connectivity index (χ3n) is 10.1. The number of aliphatic hydroxyl groups excluding tert-OH is 1. The Bertz CT molecular complexity index is 1720. The van der Waals surface area contributed by atoms with Gasteiger partial charge in [-0.05, 0) is 81.0 Å². The second-order valence-electron chi connectivity index (χ2n) is 12.3. The first-order valence-electron chi connectivity index (χ1n) is 14.8. The maximum atomic E-state index is 15.1. The number of pyridine rings is 2. The topological polar surface area (TPSA) is 122 Å². The Kier molecular flexibility index (Phi) is 6.00. The molecular formula is C32H34FN3O5. The summed E-state index contributed by atoms with van der Waals surface area (Å²) < 4.78 is 16.8. The molecule has 3 aliphatic carbocycles. The summed E-state index contributed by atoms with van der Waals surface area (Å²) in [5, 5.41) is 25.4. The second kappa shape index (κ2) is 9.29. The lowest BCUT2D eigenvalue weighted by Crippen LogP contribution is -2.43. The third-order valence-corrected chi connectivity index (χ3v) is 10.1. The molecule has 0 spiro atoms. The van der Waals surface area contributed by atoms with Crippen LogP contribution in [0.2, 0.25) is 0 Å².